The molecule has 0 radical (unpaired) electrons. The van der Waals surface area contributed by atoms with Gasteiger partial charge < -0.3 is 0 Å². The third kappa shape index (κ3) is 7.70. The topological polar surface area (TPSA) is 37.4 Å². The number of alkyl halides is 4. The summed E-state index contributed by atoms with van der Waals surface area (Å²) >= 11 is 13.4. The van der Waals surface area contributed by atoms with Crippen LogP contribution in [0.15, 0.2) is 0 Å². The zero-order valence-electron chi connectivity index (χ0n) is 8.17. The number of hydrogen-bond donors (Lipinski definition) is 0. The first-order valence-electron chi connectivity index (χ1n) is 4.16. The van der Waals surface area contributed by atoms with Gasteiger partial charge in [0.05, 0.1) is 6.26 Å². The van der Waals surface area contributed by atoms with E-state index in [-0.39, 0.29) is 9.65 Å². The predicted molar refractivity (Wildman–Crippen MR) is 79.4 cm³/mol. The SMILES string of the molecule is CS(=O)(=O)N(CC(Br)CBr)CC(Br)CBr. The van der Waals surface area contributed by atoms with Crippen molar-refractivity contribution < 1.29 is 8.42 Å². The van der Waals surface area contributed by atoms with Gasteiger partial charge in [0, 0.05) is 33.4 Å². The molecule has 0 aliphatic rings. The molecule has 0 saturated carbocycles. The summed E-state index contributed by atoms with van der Waals surface area (Å²) in [5, 5.41) is 1.45. The van der Waals surface area contributed by atoms with Crippen LogP contribution in [0, 0.1) is 0 Å². The standard InChI is InChI=1S/C7H13Br4NO2S/c1-15(13,14)12(4-6(10)2-8)5-7(11)3-9/h6-7H,2-5H2,1H3. The monoisotopic (exact) mass is 491 g/mol. The molecule has 0 fully saturated rings. The first kappa shape index (κ1) is 16.8. The lowest BCUT2D eigenvalue weighted by molar-refractivity contribution is 0.426. The van der Waals surface area contributed by atoms with E-state index in [0.717, 1.165) is 10.7 Å². The van der Waals surface area contributed by atoms with E-state index < -0.39 is 10.0 Å². The molecule has 0 rings (SSSR count). The summed E-state index contributed by atoms with van der Waals surface area (Å²) in [6.45, 7) is 0.943. The highest BCUT2D eigenvalue weighted by Crippen LogP contribution is 2.13. The van der Waals surface area contributed by atoms with Crippen LogP contribution in [0.2, 0.25) is 0 Å². The Balaban J connectivity index is 4.47. The maximum atomic E-state index is 11.5. The summed E-state index contributed by atoms with van der Waals surface area (Å²) < 4.78 is 24.4. The van der Waals surface area contributed by atoms with Crippen molar-refractivity contribution in [1.82, 2.24) is 4.31 Å². The van der Waals surface area contributed by atoms with Crippen molar-refractivity contribution in [2.75, 3.05) is 30.0 Å². The van der Waals surface area contributed by atoms with Crippen LogP contribution in [-0.2, 0) is 10.0 Å². The molecule has 0 aliphatic carbocycles. The summed E-state index contributed by atoms with van der Waals surface area (Å²) in [5.41, 5.74) is 0. The Hall–Kier alpha value is 1.83. The van der Waals surface area contributed by atoms with E-state index in [9.17, 15) is 8.42 Å². The van der Waals surface area contributed by atoms with Gasteiger partial charge in [-0.2, -0.15) is 4.31 Å². The van der Waals surface area contributed by atoms with Crippen LogP contribution < -0.4 is 0 Å². The lowest BCUT2D eigenvalue weighted by atomic mass is 10.4. The van der Waals surface area contributed by atoms with Crippen molar-refractivity contribution in [3.63, 3.8) is 0 Å². The van der Waals surface area contributed by atoms with E-state index in [1.54, 1.807) is 0 Å². The van der Waals surface area contributed by atoms with Gasteiger partial charge in [0.25, 0.3) is 0 Å². The van der Waals surface area contributed by atoms with Gasteiger partial charge in [-0.15, -0.1) is 0 Å². The highest BCUT2D eigenvalue weighted by Gasteiger charge is 2.22. The molecule has 3 nitrogen and oxygen atoms in total. The molecule has 0 aromatic heterocycles. The van der Waals surface area contributed by atoms with Crippen molar-refractivity contribution in [1.29, 1.82) is 0 Å². The molecule has 0 spiro atoms. The third-order valence-corrected chi connectivity index (χ3v) is 7.37. The lowest BCUT2D eigenvalue weighted by Gasteiger charge is -2.23. The number of halogens is 4. The van der Waals surface area contributed by atoms with Crippen molar-refractivity contribution in [3.05, 3.63) is 0 Å². The van der Waals surface area contributed by atoms with Crippen molar-refractivity contribution >= 4 is 73.7 Å². The van der Waals surface area contributed by atoms with Gasteiger partial charge in [-0.25, -0.2) is 8.42 Å². The molecule has 2 atom stereocenters. The number of nitrogens with zero attached hydrogens (tertiary/aromatic N) is 1. The minimum atomic E-state index is -3.14. The second kappa shape index (κ2) is 8.02. The van der Waals surface area contributed by atoms with Crippen LogP contribution >= 0.6 is 63.7 Å². The Morgan fingerprint density at radius 2 is 1.40 bits per heavy atom. The molecule has 0 N–H and O–H groups in total. The molecule has 2 unspecified atom stereocenters. The molecule has 15 heavy (non-hydrogen) atoms. The first-order chi connectivity index (χ1) is 6.81. The van der Waals surface area contributed by atoms with E-state index in [0.29, 0.717) is 13.1 Å². The maximum absolute atomic E-state index is 11.5. The zero-order chi connectivity index (χ0) is 12.1. The Bertz CT molecular complexity index is 260. The molecule has 0 aromatic carbocycles. The van der Waals surface area contributed by atoms with E-state index >= 15 is 0 Å². The smallest absolute Gasteiger partial charge is 0.211 e. The second-order valence-corrected chi connectivity index (χ2v) is 8.95. The Morgan fingerprint density at radius 1 is 1.07 bits per heavy atom. The van der Waals surface area contributed by atoms with Gasteiger partial charge >= 0.3 is 0 Å². The Labute approximate surface area is 125 Å². The van der Waals surface area contributed by atoms with Gasteiger partial charge in [0.1, 0.15) is 0 Å². The van der Waals surface area contributed by atoms with Crippen molar-refractivity contribution in [2.24, 2.45) is 0 Å². The van der Waals surface area contributed by atoms with Crippen LogP contribution in [0.4, 0.5) is 0 Å². The summed E-state index contributed by atoms with van der Waals surface area (Å²) in [6, 6.07) is 0. The molecular formula is C7H13Br4NO2S. The van der Waals surface area contributed by atoms with Crippen LogP contribution in [-0.4, -0.2) is 52.4 Å². The van der Waals surface area contributed by atoms with Gasteiger partial charge in [-0.1, -0.05) is 63.7 Å². The first-order valence-corrected chi connectivity index (χ1v) is 10.1. The van der Waals surface area contributed by atoms with E-state index in [2.05, 4.69) is 63.7 Å². The van der Waals surface area contributed by atoms with Crippen LogP contribution in [0.1, 0.15) is 0 Å². The molecule has 0 amide bonds. The number of rotatable bonds is 7. The third-order valence-electron chi connectivity index (χ3n) is 1.61. The lowest BCUT2D eigenvalue weighted by Crippen LogP contribution is -2.39. The molecule has 0 aromatic rings. The number of sulfonamides is 1. The summed E-state index contributed by atoms with van der Waals surface area (Å²) in [6.07, 6.45) is 1.23. The van der Waals surface area contributed by atoms with Gasteiger partial charge in [0.15, 0.2) is 0 Å². The minimum Gasteiger partial charge on any atom is -0.213 e. The predicted octanol–water partition coefficient (Wildman–Crippen LogP) is 2.56. The average Bonchev–Trinajstić information content (AvgIpc) is 2.14. The second-order valence-electron chi connectivity index (χ2n) is 3.08. The van der Waals surface area contributed by atoms with Gasteiger partial charge in [-0.05, 0) is 0 Å². The summed E-state index contributed by atoms with van der Waals surface area (Å²) in [4.78, 5) is 0.254. The van der Waals surface area contributed by atoms with E-state index in [1.165, 1.54) is 10.6 Å². The zero-order valence-corrected chi connectivity index (χ0v) is 15.3. The quantitative estimate of drug-likeness (QED) is 0.510. The highest BCUT2D eigenvalue weighted by molar-refractivity contribution is 9.12. The van der Waals surface area contributed by atoms with Crippen LogP contribution in [0.25, 0.3) is 0 Å². The normalized spacial score (nSPS) is 16.7. The van der Waals surface area contributed by atoms with E-state index in [4.69, 9.17) is 0 Å². The fourth-order valence-electron chi connectivity index (χ4n) is 0.885. The molecule has 0 saturated heterocycles. The van der Waals surface area contributed by atoms with Crippen LogP contribution in [0.5, 0.6) is 0 Å². The largest absolute Gasteiger partial charge is 0.213 e. The van der Waals surface area contributed by atoms with Gasteiger partial charge in [-0.3, -0.25) is 0 Å². The fourth-order valence-corrected chi connectivity index (χ4v) is 3.28. The molecule has 0 heterocycles. The summed E-state index contributed by atoms with van der Waals surface area (Å²) in [5.74, 6) is 0. The molecule has 92 valence electrons. The van der Waals surface area contributed by atoms with Crippen molar-refractivity contribution in [3.8, 4) is 0 Å². The fraction of sp³-hybridized carbons (Fsp3) is 1.00. The summed E-state index contributed by atoms with van der Waals surface area (Å²) in [7, 11) is -3.14. The molecule has 0 aliphatic heterocycles. The van der Waals surface area contributed by atoms with Crippen molar-refractivity contribution in [2.45, 2.75) is 9.65 Å². The number of hydrogen-bond acceptors (Lipinski definition) is 2. The van der Waals surface area contributed by atoms with Crippen LogP contribution in [0.3, 0.4) is 0 Å². The minimum absolute atomic E-state index is 0.127. The molecule has 0 bridgehead atoms. The molecule has 8 heteroatoms. The molecular weight excluding hydrogens is 482 g/mol. The Morgan fingerprint density at radius 3 is 1.60 bits per heavy atom. The van der Waals surface area contributed by atoms with Gasteiger partial charge in [0.2, 0.25) is 10.0 Å². The Kier molecular flexibility index (Phi) is 9.00. The van der Waals surface area contributed by atoms with E-state index in [1.807, 2.05) is 0 Å². The highest BCUT2D eigenvalue weighted by atomic mass is 79.9. The maximum Gasteiger partial charge on any atom is 0.211 e. The average molecular weight is 495 g/mol.